The van der Waals surface area contributed by atoms with Crippen molar-refractivity contribution in [3.8, 4) is 28.5 Å². The van der Waals surface area contributed by atoms with Gasteiger partial charge in [0.1, 0.15) is 11.6 Å². The van der Waals surface area contributed by atoms with Crippen LogP contribution in [-0.4, -0.2) is 34.3 Å². The molecular formula is C24H24N4O3. The van der Waals surface area contributed by atoms with E-state index in [4.69, 9.17) is 9.47 Å². The summed E-state index contributed by atoms with van der Waals surface area (Å²) in [6.45, 7) is 3.95. The van der Waals surface area contributed by atoms with Gasteiger partial charge in [-0.15, -0.1) is 0 Å². The van der Waals surface area contributed by atoms with Crippen LogP contribution in [0.3, 0.4) is 0 Å². The van der Waals surface area contributed by atoms with Crippen molar-refractivity contribution in [3.63, 3.8) is 0 Å². The highest BCUT2D eigenvalue weighted by Crippen LogP contribution is 2.35. The summed E-state index contributed by atoms with van der Waals surface area (Å²) < 4.78 is 10.9. The quantitative estimate of drug-likeness (QED) is 0.462. The molecule has 7 nitrogen and oxygen atoms in total. The van der Waals surface area contributed by atoms with Crippen LogP contribution in [0, 0.1) is 6.92 Å². The average molecular weight is 416 g/mol. The molecule has 7 heteroatoms. The Kier molecular flexibility index (Phi) is 5.58. The van der Waals surface area contributed by atoms with Crippen molar-refractivity contribution in [2.24, 2.45) is 0 Å². The number of benzene rings is 2. The fraction of sp³-hybridized carbons (Fsp3) is 0.208. The Labute approximate surface area is 180 Å². The van der Waals surface area contributed by atoms with Crippen LogP contribution in [0.25, 0.3) is 22.0 Å². The molecule has 2 N–H and O–H groups in total. The Morgan fingerprint density at radius 2 is 1.71 bits per heavy atom. The topological polar surface area (TPSA) is 89.4 Å². The molecule has 0 fully saturated rings. The zero-order valence-electron chi connectivity index (χ0n) is 17.9. The number of aromatic hydroxyl groups is 1. The monoisotopic (exact) mass is 416 g/mol. The maximum absolute atomic E-state index is 9.44. The molecule has 158 valence electrons. The summed E-state index contributed by atoms with van der Waals surface area (Å²) >= 11 is 0. The Morgan fingerprint density at radius 3 is 2.42 bits per heavy atom. The second kappa shape index (κ2) is 8.47. The van der Waals surface area contributed by atoms with Crippen LogP contribution in [0.4, 0.5) is 5.82 Å². The first-order valence-electron chi connectivity index (χ1n) is 9.90. The largest absolute Gasteiger partial charge is 0.493 e. The summed E-state index contributed by atoms with van der Waals surface area (Å²) in [7, 11) is 3.22. The Morgan fingerprint density at radius 1 is 0.935 bits per heavy atom. The first-order valence-corrected chi connectivity index (χ1v) is 9.90. The number of aromatic nitrogens is 3. The molecule has 0 unspecified atom stereocenters. The van der Waals surface area contributed by atoms with Crippen molar-refractivity contribution in [1.29, 1.82) is 0 Å². The minimum atomic E-state index is -0.0179. The lowest BCUT2D eigenvalue weighted by Gasteiger charge is -2.18. The van der Waals surface area contributed by atoms with Gasteiger partial charge in [-0.25, -0.2) is 15.0 Å². The number of pyridine rings is 1. The Hall–Kier alpha value is -3.87. The molecule has 0 aliphatic carbocycles. The van der Waals surface area contributed by atoms with Crippen molar-refractivity contribution in [2.45, 2.75) is 19.9 Å². The number of ether oxygens (including phenoxy) is 2. The van der Waals surface area contributed by atoms with Crippen LogP contribution >= 0.6 is 0 Å². The number of nitrogens with zero attached hydrogens (tertiary/aromatic N) is 3. The number of rotatable bonds is 6. The number of methoxy groups -OCH3 is 2. The summed E-state index contributed by atoms with van der Waals surface area (Å²) in [4.78, 5) is 13.2. The van der Waals surface area contributed by atoms with E-state index >= 15 is 0 Å². The maximum Gasteiger partial charge on any atom is 0.210 e. The number of anilines is 1. The van der Waals surface area contributed by atoms with Crippen LogP contribution in [-0.2, 0) is 0 Å². The third-order valence-electron chi connectivity index (χ3n) is 5.13. The minimum absolute atomic E-state index is 0.00741. The van der Waals surface area contributed by atoms with Crippen molar-refractivity contribution in [1.82, 2.24) is 15.0 Å². The number of nitrogens with one attached hydrogen (secondary N) is 1. The molecule has 4 rings (SSSR count). The smallest absolute Gasteiger partial charge is 0.210 e. The summed E-state index contributed by atoms with van der Waals surface area (Å²) in [5, 5.41) is 13.8. The van der Waals surface area contributed by atoms with Gasteiger partial charge in [-0.3, -0.25) is 0 Å². The molecule has 0 amide bonds. The summed E-state index contributed by atoms with van der Waals surface area (Å²) in [6.07, 6.45) is 1.66. The van der Waals surface area contributed by atoms with Gasteiger partial charge in [0.05, 0.1) is 19.7 Å². The van der Waals surface area contributed by atoms with Crippen LogP contribution in [0.1, 0.15) is 24.4 Å². The second-order valence-electron chi connectivity index (χ2n) is 7.24. The van der Waals surface area contributed by atoms with Gasteiger partial charge in [0.25, 0.3) is 0 Å². The fourth-order valence-corrected chi connectivity index (χ4v) is 3.51. The zero-order chi connectivity index (χ0) is 22.0. The number of fused-ring (bicyclic) bond motifs is 1. The van der Waals surface area contributed by atoms with Gasteiger partial charge in [0, 0.05) is 35.3 Å². The highest BCUT2D eigenvalue weighted by molar-refractivity contribution is 5.92. The third-order valence-corrected chi connectivity index (χ3v) is 5.13. The molecule has 2 aromatic heterocycles. The summed E-state index contributed by atoms with van der Waals surface area (Å²) in [5.74, 6) is 2.65. The second-order valence-corrected chi connectivity index (χ2v) is 7.24. The highest BCUT2D eigenvalue weighted by atomic mass is 16.5. The Bertz CT molecular complexity index is 1230. The molecular weight excluding hydrogens is 392 g/mol. The van der Waals surface area contributed by atoms with Gasteiger partial charge < -0.3 is 19.9 Å². The van der Waals surface area contributed by atoms with Crippen molar-refractivity contribution in [2.75, 3.05) is 19.5 Å². The van der Waals surface area contributed by atoms with E-state index in [-0.39, 0.29) is 11.9 Å². The normalized spacial score (nSPS) is 11.9. The van der Waals surface area contributed by atoms with E-state index in [0.717, 1.165) is 33.4 Å². The Balaban J connectivity index is 1.69. The lowest BCUT2D eigenvalue weighted by molar-refractivity contribution is 0.356. The number of hydrogen-bond acceptors (Lipinski definition) is 7. The molecule has 0 saturated carbocycles. The molecule has 0 aliphatic heterocycles. The van der Waals surface area contributed by atoms with E-state index in [9.17, 15) is 5.11 Å². The van der Waals surface area contributed by atoms with Gasteiger partial charge in [0.2, 0.25) is 5.88 Å². The summed E-state index contributed by atoms with van der Waals surface area (Å²) in [5.41, 5.74) is 3.83. The molecule has 31 heavy (non-hydrogen) atoms. The maximum atomic E-state index is 9.44. The van der Waals surface area contributed by atoms with Gasteiger partial charge in [-0.05, 0) is 43.2 Å². The minimum Gasteiger partial charge on any atom is -0.493 e. The van der Waals surface area contributed by atoms with E-state index in [1.807, 2.05) is 37.3 Å². The molecule has 2 heterocycles. The van der Waals surface area contributed by atoms with Crippen LogP contribution < -0.4 is 14.8 Å². The van der Waals surface area contributed by atoms with Crippen molar-refractivity contribution < 1.29 is 14.6 Å². The van der Waals surface area contributed by atoms with Gasteiger partial charge in [-0.2, -0.15) is 0 Å². The standard InChI is InChI=1S/C24H24N4O3/c1-14(16-6-5-7-17(10-16)18-8-9-23(29)25-13-18)26-24-19-11-21(30-3)22(31-4)12-20(19)27-15(2)28-24/h5-14H,1-4H3,(H,25,29)(H,26,27,28)/t14-/m1/s1. The highest BCUT2D eigenvalue weighted by Gasteiger charge is 2.15. The fourth-order valence-electron chi connectivity index (χ4n) is 3.51. The lowest BCUT2D eigenvalue weighted by Crippen LogP contribution is -2.10. The SMILES string of the molecule is COc1cc2nc(C)nc(N[C@H](C)c3cccc(-c4ccc(O)nc4)c3)c2cc1OC. The van der Waals surface area contributed by atoms with E-state index in [1.165, 1.54) is 0 Å². The van der Waals surface area contributed by atoms with E-state index in [2.05, 4.69) is 39.3 Å². The molecule has 0 spiro atoms. The zero-order valence-corrected chi connectivity index (χ0v) is 17.9. The van der Waals surface area contributed by atoms with Crippen LogP contribution in [0.5, 0.6) is 17.4 Å². The first kappa shape index (κ1) is 20.4. The predicted octanol–water partition coefficient (Wildman–Crippen LogP) is 4.90. The van der Waals surface area contributed by atoms with E-state index < -0.39 is 0 Å². The van der Waals surface area contributed by atoms with Gasteiger partial charge in [0.15, 0.2) is 11.5 Å². The average Bonchev–Trinajstić information content (AvgIpc) is 2.78. The molecule has 0 bridgehead atoms. The summed E-state index contributed by atoms with van der Waals surface area (Å²) in [6, 6.07) is 15.4. The van der Waals surface area contributed by atoms with E-state index in [0.29, 0.717) is 17.3 Å². The number of hydrogen-bond donors (Lipinski definition) is 2. The molecule has 0 aliphatic rings. The third kappa shape index (κ3) is 4.21. The van der Waals surface area contributed by atoms with Crippen molar-refractivity contribution in [3.05, 3.63) is 66.1 Å². The molecule has 4 aromatic rings. The van der Waals surface area contributed by atoms with Crippen LogP contribution in [0.2, 0.25) is 0 Å². The van der Waals surface area contributed by atoms with Gasteiger partial charge >= 0.3 is 0 Å². The molecule has 1 atom stereocenters. The van der Waals surface area contributed by atoms with Crippen LogP contribution in [0.15, 0.2) is 54.7 Å². The first-order chi connectivity index (χ1) is 15.0. The number of aryl methyl sites for hydroxylation is 1. The molecule has 0 saturated heterocycles. The molecule has 0 radical (unpaired) electrons. The molecule has 2 aromatic carbocycles. The van der Waals surface area contributed by atoms with Gasteiger partial charge in [-0.1, -0.05) is 18.2 Å². The van der Waals surface area contributed by atoms with Crippen molar-refractivity contribution >= 4 is 16.7 Å². The lowest BCUT2D eigenvalue weighted by atomic mass is 10.0. The predicted molar refractivity (Wildman–Crippen MR) is 121 cm³/mol. The van der Waals surface area contributed by atoms with E-state index in [1.54, 1.807) is 26.5 Å².